The molecule has 22 heavy (non-hydrogen) atoms. The van der Waals surface area contributed by atoms with E-state index in [4.69, 9.17) is 16.3 Å². The van der Waals surface area contributed by atoms with Crippen LogP contribution in [0, 0.1) is 6.92 Å². The molecule has 3 rings (SSSR count). The number of rotatable bonds is 4. The van der Waals surface area contributed by atoms with Crippen molar-refractivity contribution in [1.82, 2.24) is 4.98 Å². The highest BCUT2D eigenvalue weighted by Gasteiger charge is 2.02. The number of aromatic nitrogens is 1. The summed E-state index contributed by atoms with van der Waals surface area (Å²) >= 11 is 5.95. The van der Waals surface area contributed by atoms with Crippen LogP contribution < -0.4 is 4.74 Å². The van der Waals surface area contributed by atoms with Crippen LogP contribution in [0.2, 0.25) is 5.02 Å². The van der Waals surface area contributed by atoms with Gasteiger partial charge in [0.15, 0.2) is 0 Å². The molecule has 0 saturated heterocycles. The molecule has 0 saturated carbocycles. The van der Waals surface area contributed by atoms with Gasteiger partial charge in [0.25, 0.3) is 0 Å². The molecule has 0 aliphatic carbocycles. The van der Waals surface area contributed by atoms with Gasteiger partial charge < -0.3 is 4.74 Å². The molecule has 0 unspecified atom stereocenters. The van der Waals surface area contributed by atoms with Crippen LogP contribution in [0.25, 0.3) is 11.1 Å². The molecule has 0 fully saturated rings. The Morgan fingerprint density at radius 1 is 0.955 bits per heavy atom. The fourth-order valence-corrected chi connectivity index (χ4v) is 2.37. The van der Waals surface area contributed by atoms with Crippen molar-refractivity contribution in [2.45, 2.75) is 13.5 Å². The van der Waals surface area contributed by atoms with Gasteiger partial charge in [-0.2, -0.15) is 0 Å². The number of hydrogen-bond donors (Lipinski definition) is 0. The van der Waals surface area contributed by atoms with Crippen LogP contribution in [-0.2, 0) is 6.61 Å². The lowest BCUT2D eigenvalue weighted by Crippen LogP contribution is -1.96. The van der Waals surface area contributed by atoms with E-state index in [0.717, 1.165) is 22.4 Å². The van der Waals surface area contributed by atoms with Crippen LogP contribution in [-0.4, -0.2) is 4.98 Å². The summed E-state index contributed by atoms with van der Waals surface area (Å²) in [7, 11) is 0. The number of pyridine rings is 1. The van der Waals surface area contributed by atoms with Gasteiger partial charge in [0, 0.05) is 28.5 Å². The predicted molar refractivity (Wildman–Crippen MR) is 90.2 cm³/mol. The SMILES string of the molecule is Cc1ccc(-c2cncc(COc3cccc(Cl)c3)c2)cc1. The Labute approximate surface area is 135 Å². The third-order valence-electron chi connectivity index (χ3n) is 3.38. The van der Waals surface area contributed by atoms with E-state index in [1.165, 1.54) is 5.56 Å². The minimum absolute atomic E-state index is 0.465. The van der Waals surface area contributed by atoms with E-state index in [9.17, 15) is 0 Å². The highest BCUT2D eigenvalue weighted by atomic mass is 35.5. The second-order valence-corrected chi connectivity index (χ2v) is 5.63. The number of hydrogen-bond acceptors (Lipinski definition) is 2. The van der Waals surface area contributed by atoms with Gasteiger partial charge in [-0.05, 0) is 36.8 Å². The smallest absolute Gasteiger partial charge is 0.121 e. The summed E-state index contributed by atoms with van der Waals surface area (Å²) < 4.78 is 5.76. The molecule has 2 aromatic carbocycles. The quantitative estimate of drug-likeness (QED) is 0.653. The fourth-order valence-electron chi connectivity index (χ4n) is 2.19. The van der Waals surface area contributed by atoms with E-state index in [-0.39, 0.29) is 0 Å². The van der Waals surface area contributed by atoms with Gasteiger partial charge in [-0.15, -0.1) is 0 Å². The zero-order chi connectivity index (χ0) is 15.4. The van der Waals surface area contributed by atoms with Crippen molar-refractivity contribution >= 4 is 11.6 Å². The standard InChI is InChI=1S/C19H16ClNO/c1-14-5-7-16(8-6-14)17-9-15(11-21-12-17)13-22-19-4-2-3-18(20)10-19/h2-12H,13H2,1H3. The topological polar surface area (TPSA) is 22.1 Å². The number of benzene rings is 2. The molecule has 0 bridgehead atoms. The molecule has 1 heterocycles. The van der Waals surface area contributed by atoms with Crippen molar-refractivity contribution in [3.63, 3.8) is 0 Å². The van der Waals surface area contributed by atoms with E-state index in [2.05, 4.69) is 42.2 Å². The average molecular weight is 310 g/mol. The fraction of sp³-hybridized carbons (Fsp3) is 0.105. The van der Waals surface area contributed by atoms with E-state index in [1.807, 2.05) is 30.6 Å². The Kier molecular flexibility index (Phi) is 4.40. The summed E-state index contributed by atoms with van der Waals surface area (Å²) in [4.78, 5) is 4.31. The summed E-state index contributed by atoms with van der Waals surface area (Å²) in [6.45, 7) is 2.55. The van der Waals surface area contributed by atoms with Gasteiger partial charge in [-0.25, -0.2) is 0 Å². The lowest BCUT2D eigenvalue weighted by molar-refractivity contribution is 0.306. The summed E-state index contributed by atoms with van der Waals surface area (Å²) in [5.74, 6) is 0.758. The third kappa shape index (κ3) is 3.66. The first-order valence-electron chi connectivity index (χ1n) is 7.10. The monoisotopic (exact) mass is 309 g/mol. The lowest BCUT2D eigenvalue weighted by atomic mass is 10.0. The molecular weight excluding hydrogens is 294 g/mol. The first-order chi connectivity index (χ1) is 10.7. The molecule has 0 aliphatic rings. The van der Waals surface area contributed by atoms with Crippen LogP contribution in [0.4, 0.5) is 0 Å². The summed E-state index contributed by atoms with van der Waals surface area (Å²) in [5, 5.41) is 0.670. The Morgan fingerprint density at radius 3 is 2.55 bits per heavy atom. The van der Waals surface area contributed by atoms with Gasteiger partial charge >= 0.3 is 0 Å². The van der Waals surface area contributed by atoms with Crippen LogP contribution in [0.15, 0.2) is 67.0 Å². The van der Waals surface area contributed by atoms with Crippen molar-refractivity contribution in [3.8, 4) is 16.9 Å². The molecular formula is C19H16ClNO. The van der Waals surface area contributed by atoms with Crippen LogP contribution >= 0.6 is 11.6 Å². The molecule has 3 aromatic rings. The lowest BCUT2D eigenvalue weighted by Gasteiger charge is -2.08. The number of ether oxygens (including phenoxy) is 1. The minimum Gasteiger partial charge on any atom is -0.489 e. The molecule has 1 aromatic heterocycles. The molecule has 0 N–H and O–H groups in total. The van der Waals surface area contributed by atoms with Gasteiger partial charge in [-0.1, -0.05) is 47.5 Å². The van der Waals surface area contributed by atoms with Crippen molar-refractivity contribution < 1.29 is 4.74 Å². The summed E-state index contributed by atoms with van der Waals surface area (Å²) in [6.07, 6.45) is 3.69. The van der Waals surface area contributed by atoms with E-state index < -0.39 is 0 Å². The molecule has 0 amide bonds. The zero-order valence-electron chi connectivity index (χ0n) is 12.3. The van der Waals surface area contributed by atoms with E-state index in [0.29, 0.717) is 11.6 Å². The average Bonchev–Trinajstić information content (AvgIpc) is 2.54. The second-order valence-electron chi connectivity index (χ2n) is 5.19. The number of nitrogens with zero attached hydrogens (tertiary/aromatic N) is 1. The largest absolute Gasteiger partial charge is 0.489 e. The molecule has 0 atom stereocenters. The summed E-state index contributed by atoms with van der Waals surface area (Å²) in [5.41, 5.74) is 4.52. The maximum Gasteiger partial charge on any atom is 0.121 e. The highest BCUT2D eigenvalue weighted by Crippen LogP contribution is 2.22. The number of aryl methyl sites for hydroxylation is 1. The number of halogens is 1. The van der Waals surface area contributed by atoms with E-state index in [1.54, 1.807) is 6.07 Å². The van der Waals surface area contributed by atoms with Crippen molar-refractivity contribution in [2.75, 3.05) is 0 Å². The first-order valence-corrected chi connectivity index (χ1v) is 7.48. The predicted octanol–water partition coefficient (Wildman–Crippen LogP) is 5.29. The van der Waals surface area contributed by atoms with Crippen molar-refractivity contribution in [1.29, 1.82) is 0 Å². The van der Waals surface area contributed by atoms with Crippen LogP contribution in [0.1, 0.15) is 11.1 Å². The Bertz CT molecular complexity index is 768. The first kappa shape index (κ1) is 14.6. The van der Waals surface area contributed by atoms with E-state index >= 15 is 0 Å². The highest BCUT2D eigenvalue weighted by molar-refractivity contribution is 6.30. The molecule has 110 valence electrons. The Balaban J connectivity index is 1.75. The Hall–Kier alpha value is -2.32. The molecule has 3 heteroatoms. The molecule has 0 spiro atoms. The van der Waals surface area contributed by atoms with Crippen LogP contribution in [0.5, 0.6) is 5.75 Å². The molecule has 0 aliphatic heterocycles. The van der Waals surface area contributed by atoms with Crippen molar-refractivity contribution in [3.05, 3.63) is 83.1 Å². The van der Waals surface area contributed by atoms with Gasteiger partial charge in [0.2, 0.25) is 0 Å². The second kappa shape index (κ2) is 6.63. The summed E-state index contributed by atoms with van der Waals surface area (Å²) in [6, 6.07) is 17.9. The van der Waals surface area contributed by atoms with Crippen molar-refractivity contribution in [2.24, 2.45) is 0 Å². The maximum absolute atomic E-state index is 5.95. The Morgan fingerprint density at radius 2 is 1.77 bits per heavy atom. The third-order valence-corrected chi connectivity index (χ3v) is 3.62. The van der Waals surface area contributed by atoms with Gasteiger partial charge in [0.1, 0.15) is 12.4 Å². The molecule has 0 radical (unpaired) electrons. The zero-order valence-corrected chi connectivity index (χ0v) is 13.0. The van der Waals surface area contributed by atoms with Gasteiger partial charge in [0.05, 0.1) is 0 Å². The van der Waals surface area contributed by atoms with Gasteiger partial charge in [-0.3, -0.25) is 4.98 Å². The normalized spacial score (nSPS) is 10.5. The minimum atomic E-state index is 0.465. The maximum atomic E-state index is 5.95. The van der Waals surface area contributed by atoms with Crippen LogP contribution in [0.3, 0.4) is 0 Å². The molecule has 2 nitrogen and oxygen atoms in total.